The summed E-state index contributed by atoms with van der Waals surface area (Å²) < 4.78 is 18.4. The summed E-state index contributed by atoms with van der Waals surface area (Å²) in [5.74, 6) is -1.21. The van der Waals surface area contributed by atoms with Gasteiger partial charge in [0.25, 0.3) is 11.6 Å². The van der Waals surface area contributed by atoms with Gasteiger partial charge in [-0.1, -0.05) is 0 Å². The molecule has 1 unspecified atom stereocenters. The third-order valence-corrected chi connectivity index (χ3v) is 3.52. The van der Waals surface area contributed by atoms with Gasteiger partial charge in [-0.25, -0.2) is 4.39 Å². The van der Waals surface area contributed by atoms with E-state index in [1.807, 2.05) is 0 Å². The van der Waals surface area contributed by atoms with E-state index < -0.39 is 22.3 Å². The van der Waals surface area contributed by atoms with E-state index in [4.69, 9.17) is 10.5 Å². The molecule has 0 spiro atoms. The van der Waals surface area contributed by atoms with Crippen LogP contribution in [-0.4, -0.2) is 42.5 Å². The number of nitro benzene ring substituents is 1. The number of rotatable bonds is 4. The molecule has 8 heteroatoms. The van der Waals surface area contributed by atoms with E-state index in [-0.39, 0.29) is 17.2 Å². The zero-order valence-corrected chi connectivity index (χ0v) is 11.5. The second-order valence-corrected chi connectivity index (χ2v) is 5.01. The van der Waals surface area contributed by atoms with Crippen molar-refractivity contribution < 1.29 is 18.8 Å². The zero-order chi connectivity index (χ0) is 15.6. The molecule has 0 aliphatic carbocycles. The number of carbonyl (C=O) groups excluding carboxylic acids is 1. The highest BCUT2D eigenvalue weighted by Crippen LogP contribution is 2.27. The highest BCUT2D eigenvalue weighted by molar-refractivity contribution is 5.99. The van der Waals surface area contributed by atoms with Crippen LogP contribution in [0.1, 0.15) is 16.8 Å². The number of anilines is 1. The lowest BCUT2D eigenvalue weighted by atomic mass is 10.1. The molecule has 0 saturated carbocycles. The van der Waals surface area contributed by atoms with Crippen LogP contribution in [0.3, 0.4) is 0 Å². The molecule has 1 aliphatic rings. The van der Waals surface area contributed by atoms with Crippen molar-refractivity contribution in [1.29, 1.82) is 0 Å². The number of nitrogens with zero attached hydrogens (tertiary/aromatic N) is 2. The number of ether oxygens (including phenoxy) is 1. The number of nitrogen functional groups attached to an aromatic ring is 1. The van der Waals surface area contributed by atoms with E-state index in [1.54, 1.807) is 7.11 Å². The molecule has 1 heterocycles. The molecule has 0 radical (unpaired) electrons. The summed E-state index contributed by atoms with van der Waals surface area (Å²) in [4.78, 5) is 24.1. The van der Waals surface area contributed by atoms with Crippen molar-refractivity contribution in [1.82, 2.24) is 4.90 Å². The van der Waals surface area contributed by atoms with Crippen molar-refractivity contribution in [2.75, 3.05) is 32.5 Å². The number of carbonyl (C=O) groups is 1. The van der Waals surface area contributed by atoms with E-state index in [9.17, 15) is 19.3 Å². The average Bonchev–Trinajstić information content (AvgIpc) is 2.89. The van der Waals surface area contributed by atoms with Crippen LogP contribution >= 0.6 is 0 Å². The van der Waals surface area contributed by atoms with Gasteiger partial charge in [-0.05, 0) is 12.5 Å². The van der Waals surface area contributed by atoms with Crippen molar-refractivity contribution >= 4 is 17.3 Å². The number of methoxy groups -OCH3 is 1. The quantitative estimate of drug-likeness (QED) is 0.515. The minimum Gasteiger partial charge on any atom is -0.396 e. The van der Waals surface area contributed by atoms with Crippen LogP contribution in [0.4, 0.5) is 15.8 Å². The number of hydrogen-bond donors (Lipinski definition) is 1. The first-order valence-electron chi connectivity index (χ1n) is 6.45. The highest BCUT2D eigenvalue weighted by Gasteiger charge is 2.31. The van der Waals surface area contributed by atoms with Crippen LogP contribution in [-0.2, 0) is 4.74 Å². The normalized spacial score (nSPS) is 18.0. The predicted octanol–water partition coefficient (Wildman–Crippen LogP) is 1.42. The first-order valence-corrected chi connectivity index (χ1v) is 6.45. The number of halogens is 1. The number of hydrogen-bond acceptors (Lipinski definition) is 5. The van der Waals surface area contributed by atoms with Gasteiger partial charge in [0.1, 0.15) is 5.56 Å². The molecular formula is C13H16FN3O4. The summed E-state index contributed by atoms with van der Waals surface area (Å²) in [5.41, 5.74) is 4.38. The van der Waals surface area contributed by atoms with Crippen LogP contribution in [0.2, 0.25) is 0 Å². The van der Waals surface area contributed by atoms with Crippen LogP contribution in [0.15, 0.2) is 12.1 Å². The standard InChI is InChI=1S/C13H16FN3O4/c1-21-7-8-2-3-16(6-8)13(18)9-4-11(15)10(14)5-12(9)17(19)20/h4-5,8H,2-3,6-7,15H2,1H3. The van der Waals surface area contributed by atoms with E-state index in [1.165, 1.54) is 4.90 Å². The molecule has 1 aliphatic heterocycles. The predicted molar refractivity (Wildman–Crippen MR) is 73.4 cm³/mol. The van der Waals surface area contributed by atoms with Crippen molar-refractivity contribution in [2.24, 2.45) is 5.92 Å². The highest BCUT2D eigenvalue weighted by atomic mass is 19.1. The Kier molecular flexibility index (Phi) is 4.37. The van der Waals surface area contributed by atoms with E-state index in [0.717, 1.165) is 12.5 Å². The van der Waals surface area contributed by atoms with Gasteiger partial charge in [0.05, 0.1) is 23.3 Å². The maximum absolute atomic E-state index is 13.4. The fraction of sp³-hybridized carbons (Fsp3) is 0.462. The SMILES string of the molecule is COCC1CCN(C(=O)c2cc(N)c(F)cc2[N+](=O)[O-])C1. The monoisotopic (exact) mass is 297 g/mol. The van der Waals surface area contributed by atoms with E-state index in [2.05, 4.69) is 0 Å². The maximum Gasteiger partial charge on any atom is 0.285 e. The van der Waals surface area contributed by atoms with E-state index >= 15 is 0 Å². The van der Waals surface area contributed by atoms with Crippen molar-refractivity contribution in [3.05, 3.63) is 33.6 Å². The van der Waals surface area contributed by atoms with Crippen molar-refractivity contribution in [3.63, 3.8) is 0 Å². The topological polar surface area (TPSA) is 98.7 Å². The molecule has 1 aromatic rings. The summed E-state index contributed by atoms with van der Waals surface area (Å²) in [6, 6.07) is 1.71. The molecule has 1 fully saturated rings. The Morgan fingerprint density at radius 1 is 1.62 bits per heavy atom. The fourth-order valence-electron chi connectivity index (χ4n) is 2.46. The Hall–Kier alpha value is -2.22. The molecule has 0 bridgehead atoms. The van der Waals surface area contributed by atoms with Gasteiger partial charge in [-0.3, -0.25) is 14.9 Å². The summed E-state index contributed by atoms with van der Waals surface area (Å²) in [6.07, 6.45) is 0.768. The van der Waals surface area contributed by atoms with Gasteiger partial charge in [0.15, 0.2) is 5.82 Å². The summed E-state index contributed by atoms with van der Waals surface area (Å²) >= 11 is 0. The van der Waals surface area contributed by atoms with Crippen molar-refractivity contribution in [3.8, 4) is 0 Å². The lowest BCUT2D eigenvalue weighted by Gasteiger charge is -2.17. The second kappa shape index (κ2) is 6.04. The number of nitrogens with two attached hydrogens (primary N) is 1. The summed E-state index contributed by atoms with van der Waals surface area (Å²) in [7, 11) is 1.58. The maximum atomic E-state index is 13.4. The summed E-state index contributed by atoms with van der Waals surface area (Å²) in [6.45, 7) is 1.47. The number of benzene rings is 1. The number of likely N-dealkylation sites (tertiary alicyclic amines) is 1. The Labute approximate surface area is 120 Å². The van der Waals surface area contributed by atoms with Gasteiger partial charge < -0.3 is 15.4 Å². The van der Waals surface area contributed by atoms with Crippen LogP contribution in [0.25, 0.3) is 0 Å². The first-order chi connectivity index (χ1) is 9.93. The molecule has 7 nitrogen and oxygen atoms in total. The molecular weight excluding hydrogens is 281 g/mol. The van der Waals surface area contributed by atoms with Crippen molar-refractivity contribution in [2.45, 2.75) is 6.42 Å². The van der Waals surface area contributed by atoms with Crippen LogP contribution in [0, 0.1) is 21.8 Å². The Balaban J connectivity index is 2.27. The molecule has 21 heavy (non-hydrogen) atoms. The molecule has 2 rings (SSSR count). The molecule has 1 atom stereocenters. The van der Waals surface area contributed by atoms with E-state index in [0.29, 0.717) is 25.8 Å². The van der Waals surface area contributed by atoms with Gasteiger partial charge in [-0.15, -0.1) is 0 Å². The molecule has 1 aromatic carbocycles. The lowest BCUT2D eigenvalue weighted by molar-refractivity contribution is -0.385. The molecule has 1 amide bonds. The van der Waals surface area contributed by atoms with Gasteiger partial charge in [0, 0.05) is 26.1 Å². The fourth-order valence-corrected chi connectivity index (χ4v) is 2.46. The molecule has 1 saturated heterocycles. The minimum absolute atomic E-state index is 0.183. The van der Waals surface area contributed by atoms with Gasteiger partial charge in [-0.2, -0.15) is 0 Å². The number of nitro groups is 1. The Morgan fingerprint density at radius 2 is 2.33 bits per heavy atom. The minimum atomic E-state index is -0.906. The smallest absolute Gasteiger partial charge is 0.285 e. The molecule has 0 aromatic heterocycles. The lowest BCUT2D eigenvalue weighted by Crippen LogP contribution is -2.30. The Bertz CT molecular complexity index is 579. The Morgan fingerprint density at radius 3 is 2.95 bits per heavy atom. The number of amides is 1. The third-order valence-electron chi connectivity index (χ3n) is 3.52. The third kappa shape index (κ3) is 3.10. The molecule has 114 valence electrons. The van der Waals surface area contributed by atoms with Crippen LogP contribution < -0.4 is 5.73 Å². The van der Waals surface area contributed by atoms with Crippen LogP contribution in [0.5, 0.6) is 0 Å². The molecule has 2 N–H and O–H groups in total. The largest absolute Gasteiger partial charge is 0.396 e. The van der Waals surface area contributed by atoms with Gasteiger partial charge >= 0.3 is 0 Å². The second-order valence-electron chi connectivity index (χ2n) is 5.01. The zero-order valence-electron chi connectivity index (χ0n) is 11.5. The average molecular weight is 297 g/mol. The first kappa shape index (κ1) is 15.2. The summed E-state index contributed by atoms with van der Waals surface area (Å²) in [5, 5.41) is 11.0. The van der Waals surface area contributed by atoms with Gasteiger partial charge in [0.2, 0.25) is 0 Å².